The molecule has 19 heavy (non-hydrogen) atoms. The zero-order valence-electron chi connectivity index (χ0n) is 11.2. The first kappa shape index (κ1) is 12.5. The van der Waals surface area contributed by atoms with E-state index in [9.17, 15) is 4.79 Å². The SMILES string of the molecule is CCc1ccccc1NC(=O)N1C[C@@H]2C(CO)[C@@H]2C1. The summed E-state index contributed by atoms with van der Waals surface area (Å²) in [5.41, 5.74) is 2.07. The third-order valence-electron chi connectivity index (χ3n) is 4.51. The number of aliphatic hydroxyl groups is 1. The van der Waals surface area contributed by atoms with Crippen LogP contribution in [0.25, 0.3) is 0 Å². The molecule has 0 radical (unpaired) electrons. The summed E-state index contributed by atoms with van der Waals surface area (Å²) in [7, 11) is 0. The van der Waals surface area contributed by atoms with Crippen LogP contribution in [0.15, 0.2) is 24.3 Å². The number of aliphatic hydroxyl groups excluding tert-OH is 1. The van der Waals surface area contributed by atoms with E-state index in [0.717, 1.165) is 30.8 Å². The molecule has 1 heterocycles. The normalized spacial score (nSPS) is 28.1. The maximum atomic E-state index is 12.2. The molecule has 2 N–H and O–H groups in total. The third kappa shape index (κ3) is 2.21. The highest BCUT2D eigenvalue weighted by atomic mass is 16.3. The number of nitrogens with one attached hydrogen (secondary N) is 1. The summed E-state index contributed by atoms with van der Waals surface area (Å²) in [6.07, 6.45) is 0.911. The first-order chi connectivity index (χ1) is 9.24. The number of benzene rings is 1. The number of carbonyl (C=O) groups is 1. The van der Waals surface area contributed by atoms with E-state index in [2.05, 4.69) is 12.2 Å². The van der Waals surface area contributed by atoms with Gasteiger partial charge in [0.15, 0.2) is 0 Å². The molecule has 0 aromatic heterocycles. The lowest BCUT2D eigenvalue weighted by Gasteiger charge is -2.21. The number of anilines is 1. The second-order valence-corrected chi connectivity index (χ2v) is 5.52. The topological polar surface area (TPSA) is 52.6 Å². The quantitative estimate of drug-likeness (QED) is 0.872. The predicted molar refractivity (Wildman–Crippen MR) is 74.0 cm³/mol. The molecule has 1 unspecified atom stereocenters. The molecular weight excluding hydrogens is 240 g/mol. The number of fused-ring (bicyclic) bond motifs is 1. The van der Waals surface area contributed by atoms with Gasteiger partial charge < -0.3 is 15.3 Å². The van der Waals surface area contributed by atoms with Crippen LogP contribution in [0.1, 0.15) is 12.5 Å². The van der Waals surface area contributed by atoms with Gasteiger partial charge in [-0.15, -0.1) is 0 Å². The van der Waals surface area contributed by atoms with Crippen LogP contribution in [-0.2, 0) is 6.42 Å². The Balaban J connectivity index is 1.61. The number of carbonyl (C=O) groups excluding carboxylic acids is 1. The van der Waals surface area contributed by atoms with Crippen LogP contribution in [0.5, 0.6) is 0 Å². The van der Waals surface area contributed by atoms with Gasteiger partial charge in [-0.25, -0.2) is 4.79 Å². The molecule has 0 spiro atoms. The van der Waals surface area contributed by atoms with Gasteiger partial charge in [-0.05, 0) is 35.8 Å². The van der Waals surface area contributed by atoms with Crippen molar-refractivity contribution in [3.05, 3.63) is 29.8 Å². The van der Waals surface area contributed by atoms with E-state index >= 15 is 0 Å². The smallest absolute Gasteiger partial charge is 0.321 e. The molecule has 3 atom stereocenters. The van der Waals surface area contributed by atoms with E-state index in [-0.39, 0.29) is 12.6 Å². The Labute approximate surface area is 113 Å². The van der Waals surface area contributed by atoms with Gasteiger partial charge in [0.2, 0.25) is 0 Å². The van der Waals surface area contributed by atoms with Crippen LogP contribution in [0.3, 0.4) is 0 Å². The fourth-order valence-corrected chi connectivity index (χ4v) is 3.23. The Bertz CT molecular complexity index is 477. The van der Waals surface area contributed by atoms with Gasteiger partial charge in [0.1, 0.15) is 0 Å². The fourth-order valence-electron chi connectivity index (χ4n) is 3.23. The van der Waals surface area contributed by atoms with Gasteiger partial charge in [0.25, 0.3) is 0 Å². The van der Waals surface area contributed by atoms with Gasteiger partial charge in [0.05, 0.1) is 0 Å². The number of nitrogens with zero attached hydrogens (tertiary/aromatic N) is 1. The molecule has 2 amide bonds. The van der Waals surface area contributed by atoms with E-state index in [1.807, 2.05) is 29.2 Å². The first-order valence-corrected chi connectivity index (χ1v) is 6.99. The molecule has 4 heteroatoms. The first-order valence-electron chi connectivity index (χ1n) is 6.99. The van der Waals surface area contributed by atoms with Crippen molar-refractivity contribution in [2.45, 2.75) is 13.3 Å². The summed E-state index contributed by atoms with van der Waals surface area (Å²) in [6.45, 7) is 3.93. The van der Waals surface area contributed by atoms with Crippen molar-refractivity contribution >= 4 is 11.7 Å². The number of amides is 2. The minimum atomic E-state index is -0.00945. The van der Waals surface area contributed by atoms with Crippen molar-refractivity contribution in [2.75, 3.05) is 25.0 Å². The van der Waals surface area contributed by atoms with Crippen LogP contribution in [0, 0.1) is 17.8 Å². The van der Waals surface area contributed by atoms with Gasteiger partial charge >= 0.3 is 6.03 Å². The van der Waals surface area contributed by atoms with Crippen LogP contribution in [0.2, 0.25) is 0 Å². The van der Waals surface area contributed by atoms with Crippen molar-refractivity contribution in [3.63, 3.8) is 0 Å². The zero-order chi connectivity index (χ0) is 13.4. The number of likely N-dealkylation sites (tertiary alicyclic amines) is 1. The molecule has 1 aliphatic heterocycles. The lowest BCUT2D eigenvalue weighted by molar-refractivity contribution is 0.203. The highest BCUT2D eigenvalue weighted by Crippen LogP contribution is 2.51. The number of urea groups is 1. The molecule has 2 aliphatic rings. The summed E-state index contributed by atoms with van der Waals surface area (Å²) in [4.78, 5) is 14.1. The highest BCUT2D eigenvalue weighted by Gasteiger charge is 2.56. The largest absolute Gasteiger partial charge is 0.396 e. The third-order valence-corrected chi connectivity index (χ3v) is 4.51. The minimum Gasteiger partial charge on any atom is -0.396 e. The van der Waals surface area contributed by atoms with Gasteiger partial charge in [-0.3, -0.25) is 0 Å². The molecule has 4 nitrogen and oxygen atoms in total. The van der Waals surface area contributed by atoms with E-state index in [0.29, 0.717) is 17.8 Å². The number of piperidine rings is 1. The second-order valence-electron chi connectivity index (χ2n) is 5.52. The Morgan fingerprint density at radius 3 is 2.68 bits per heavy atom. The Kier molecular flexibility index (Phi) is 3.19. The Hall–Kier alpha value is -1.55. The van der Waals surface area contributed by atoms with Crippen molar-refractivity contribution in [1.82, 2.24) is 4.90 Å². The van der Waals surface area contributed by atoms with E-state index in [4.69, 9.17) is 5.11 Å². The molecule has 1 aromatic rings. The molecule has 1 saturated heterocycles. The summed E-state index contributed by atoms with van der Waals surface area (Å²) in [5, 5.41) is 12.1. The summed E-state index contributed by atoms with van der Waals surface area (Å²) >= 11 is 0. The lowest BCUT2D eigenvalue weighted by Crippen LogP contribution is -2.35. The maximum Gasteiger partial charge on any atom is 0.321 e. The zero-order valence-corrected chi connectivity index (χ0v) is 11.2. The molecular formula is C15H20N2O2. The van der Waals surface area contributed by atoms with Crippen molar-refractivity contribution in [2.24, 2.45) is 17.8 Å². The Morgan fingerprint density at radius 2 is 2.05 bits per heavy atom. The molecule has 1 aromatic carbocycles. The number of hydrogen-bond acceptors (Lipinski definition) is 2. The fraction of sp³-hybridized carbons (Fsp3) is 0.533. The van der Waals surface area contributed by atoms with E-state index in [1.54, 1.807) is 0 Å². The molecule has 1 saturated carbocycles. The lowest BCUT2D eigenvalue weighted by atomic mass is 10.1. The van der Waals surface area contributed by atoms with Crippen molar-refractivity contribution < 1.29 is 9.90 Å². The van der Waals surface area contributed by atoms with Crippen LogP contribution in [0.4, 0.5) is 10.5 Å². The highest BCUT2D eigenvalue weighted by molar-refractivity contribution is 5.90. The summed E-state index contributed by atoms with van der Waals surface area (Å²) < 4.78 is 0. The van der Waals surface area contributed by atoms with Gasteiger partial charge in [-0.2, -0.15) is 0 Å². The number of hydrogen-bond donors (Lipinski definition) is 2. The molecule has 2 fully saturated rings. The molecule has 1 aliphatic carbocycles. The standard InChI is InChI=1S/C15H20N2O2/c1-2-10-5-3-4-6-14(10)16-15(19)17-7-11-12(8-17)13(11)9-18/h3-6,11-13,18H,2,7-9H2,1H3,(H,16,19)/t11-,12+,13?. The number of aryl methyl sites for hydroxylation is 1. The maximum absolute atomic E-state index is 12.2. The molecule has 102 valence electrons. The summed E-state index contributed by atoms with van der Waals surface area (Å²) in [5.74, 6) is 1.49. The molecule has 0 bridgehead atoms. The monoisotopic (exact) mass is 260 g/mol. The summed E-state index contributed by atoms with van der Waals surface area (Å²) in [6, 6.07) is 7.91. The van der Waals surface area contributed by atoms with Crippen molar-refractivity contribution in [3.8, 4) is 0 Å². The average Bonchev–Trinajstić information content (AvgIpc) is 2.90. The number of para-hydroxylation sites is 1. The predicted octanol–water partition coefficient (Wildman–Crippen LogP) is 1.95. The molecule has 3 rings (SSSR count). The van der Waals surface area contributed by atoms with E-state index in [1.165, 1.54) is 0 Å². The minimum absolute atomic E-state index is 0.00945. The van der Waals surface area contributed by atoms with Crippen LogP contribution in [-0.4, -0.2) is 35.7 Å². The van der Waals surface area contributed by atoms with E-state index < -0.39 is 0 Å². The van der Waals surface area contributed by atoms with Gasteiger partial charge in [-0.1, -0.05) is 25.1 Å². The number of rotatable bonds is 3. The second kappa shape index (κ2) is 4.85. The van der Waals surface area contributed by atoms with Gasteiger partial charge in [0, 0.05) is 25.4 Å². The Morgan fingerprint density at radius 1 is 1.37 bits per heavy atom. The average molecular weight is 260 g/mol. The van der Waals surface area contributed by atoms with Crippen LogP contribution < -0.4 is 5.32 Å². The van der Waals surface area contributed by atoms with Crippen molar-refractivity contribution in [1.29, 1.82) is 0 Å². The van der Waals surface area contributed by atoms with Crippen LogP contribution >= 0.6 is 0 Å².